The number of pyridine rings is 1. The molecule has 1 aromatic heterocycles. The maximum Gasteiger partial charge on any atom is 0.175 e. The third-order valence-electron chi connectivity index (χ3n) is 2.72. The first-order valence-electron chi connectivity index (χ1n) is 6.04. The molecule has 0 aliphatic rings. The van der Waals surface area contributed by atoms with E-state index in [2.05, 4.69) is 10.3 Å². The van der Waals surface area contributed by atoms with Crippen LogP contribution in [0.1, 0.15) is 5.56 Å². The predicted octanol–water partition coefficient (Wildman–Crippen LogP) is 2.11. The minimum absolute atomic E-state index is 0.251. The number of rotatable bonds is 5. The lowest BCUT2D eigenvalue weighted by molar-refractivity contribution is 0.305. The Morgan fingerprint density at radius 2 is 2.05 bits per heavy atom. The van der Waals surface area contributed by atoms with Gasteiger partial charge in [0.05, 0.1) is 4.90 Å². The van der Waals surface area contributed by atoms with Crippen LogP contribution in [0.2, 0.25) is 0 Å². The lowest BCUT2D eigenvalue weighted by atomic mass is 10.3. The molecule has 1 heterocycles. The van der Waals surface area contributed by atoms with Crippen molar-refractivity contribution in [3.8, 4) is 5.75 Å². The standard InChI is InChI=1S/C14H16N2O3S/c1-15-14-8-11(6-7-16-14)10-19-12-4-3-5-13(9-12)20(2,17)18/h3-9H,10H2,1-2H3,(H,15,16). The molecule has 0 amide bonds. The van der Waals surface area contributed by atoms with Gasteiger partial charge in [0.1, 0.15) is 18.2 Å². The van der Waals surface area contributed by atoms with E-state index in [0.29, 0.717) is 12.4 Å². The number of sulfone groups is 1. The highest BCUT2D eigenvalue weighted by molar-refractivity contribution is 7.90. The number of aromatic nitrogens is 1. The molecule has 0 atom stereocenters. The Morgan fingerprint density at radius 1 is 1.25 bits per heavy atom. The highest BCUT2D eigenvalue weighted by Gasteiger charge is 2.08. The van der Waals surface area contributed by atoms with Gasteiger partial charge in [0.25, 0.3) is 0 Å². The van der Waals surface area contributed by atoms with Crippen LogP contribution in [-0.4, -0.2) is 26.7 Å². The van der Waals surface area contributed by atoms with Gasteiger partial charge in [-0.1, -0.05) is 6.07 Å². The quantitative estimate of drug-likeness (QED) is 0.914. The molecule has 1 N–H and O–H groups in total. The van der Waals surface area contributed by atoms with Crippen LogP contribution in [0.5, 0.6) is 5.75 Å². The molecule has 0 fully saturated rings. The minimum atomic E-state index is -3.22. The van der Waals surface area contributed by atoms with E-state index in [1.807, 2.05) is 12.1 Å². The fourth-order valence-corrected chi connectivity index (χ4v) is 2.32. The molecule has 2 rings (SSSR count). The van der Waals surface area contributed by atoms with Crippen LogP contribution in [0.4, 0.5) is 5.82 Å². The van der Waals surface area contributed by atoms with Crippen molar-refractivity contribution in [3.05, 3.63) is 48.2 Å². The lowest BCUT2D eigenvalue weighted by Crippen LogP contribution is -2.00. The zero-order chi connectivity index (χ0) is 14.6. The molecule has 6 heteroatoms. The molecule has 0 aliphatic heterocycles. The maximum atomic E-state index is 11.5. The Kier molecular flexibility index (Phi) is 4.24. The van der Waals surface area contributed by atoms with Crippen molar-refractivity contribution in [3.63, 3.8) is 0 Å². The fraction of sp³-hybridized carbons (Fsp3) is 0.214. The zero-order valence-electron chi connectivity index (χ0n) is 11.3. The van der Waals surface area contributed by atoms with Gasteiger partial charge in [0.2, 0.25) is 0 Å². The third-order valence-corrected chi connectivity index (χ3v) is 3.83. The van der Waals surface area contributed by atoms with Gasteiger partial charge in [-0.25, -0.2) is 13.4 Å². The van der Waals surface area contributed by atoms with E-state index in [1.54, 1.807) is 31.4 Å². The number of anilines is 1. The van der Waals surface area contributed by atoms with E-state index in [-0.39, 0.29) is 4.90 Å². The third kappa shape index (κ3) is 3.71. The summed E-state index contributed by atoms with van der Waals surface area (Å²) in [6.07, 6.45) is 2.87. The number of benzene rings is 1. The molecule has 106 valence electrons. The number of nitrogens with zero attached hydrogens (tertiary/aromatic N) is 1. The summed E-state index contributed by atoms with van der Waals surface area (Å²) in [6, 6.07) is 10.2. The molecule has 5 nitrogen and oxygen atoms in total. The Balaban J connectivity index is 2.11. The number of nitrogens with one attached hydrogen (secondary N) is 1. The lowest BCUT2D eigenvalue weighted by Gasteiger charge is -2.08. The highest BCUT2D eigenvalue weighted by Crippen LogP contribution is 2.18. The smallest absolute Gasteiger partial charge is 0.175 e. The van der Waals surface area contributed by atoms with Crippen molar-refractivity contribution >= 4 is 15.7 Å². The number of ether oxygens (including phenoxy) is 1. The molecule has 1 aromatic carbocycles. The Bertz CT molecular complexity index is 699. The monoisotopic (exact) mass is 292 g/mol. The second-order valence-corrected chi connectivity index (χ2v) is 6.35. The van der Waals surface area contributed by atoms with Crippen molar-refractivity contribution in [1.82, 2.24) is 4.98 Å². The largest absolute Gasteiger partial charge is 0.489 e. The summed E-state index contributed by atoms with van der Waals surface area (Å²) >= 11 is 0. The molecule has 0 unspecified atom stereocenters. The molecule has 0 aliphatic carbocycles. The van der Waals surface area contributed by atoms with Gasteiger partial charge >= 0.3 is 0 Å². The summed E-state index contributed by atoms with van der Waals surface area (Å²) in [4.78, 5) is 4.36. The first-order chi connectivity index (χ1) is 9.49. The van der Waals surface area contributed by atoms with E-state index in [9.17, 15) is 8.42 Å². The van der Waals surface area contributed by atoms with Gasteiger partial charge in [-0.3, -0.25) is 0 Å². The van der Waals surface area contributed by atoms with Crippen LogP contribution < -0.4 is 10.1 Å². The second kappa shape index (κ2) is 5.92. The molecule has 0 bridgehead atoms. The summed E-state index contributed by atoms with van der Waals surface area (Å²) < 4.78 is 28.5. The summed E-state index contributed by atoms with van der Waals surface area (Å²) in [5, 5.41) is 2.95. The van der Waals surface area contributed by atoms with E-state index in [0.717, 1.165) is 11.4 Å². The van der Waals surface area contributed by atoms with Crippen molar-refractivity contribution in [2.24, 2.45) is 0 Å². The first-order valence-corrected chi connectivity index (χ1v) is 7.94. The first kappa shape index (κ1) is 14.3. The van der Waals surface area contributed by atoms with Gasteiger partial charge in [-0.15, -0.1) is 0 Å². The van der Waals surface area contributed by atoms with Gasteiger partial charge in [-0.05, 0) is 35.9 Å². The normalized spacial score (nSPS) is 11.1. The Morgan fingerprint density at radius 3 is 2.75 bits per heavy atom. The van der Waals surface area contributed by atoms with Crippen LogP contribution in [-0.2, 0) is 16.4 Å². The maximum absolute atomic E-state index is 11.5. The molecule has 0 spiro atoms. The summed E-state index contributed by atoms with van der Waals surface area (Å²) in [6.45, 7) is 0.352. The Hall–Kier alpha value is -2.08. The average molecular weight is 292 g/mol. The highest BCUT2D eigenvalue weighted by atomic mass is 32.2. The van der Waals surface area contributed by atoms with Gasteiger partial charge in [-0.2, -0.15) is 0 Å². The fourth-order valence-electron chi connectivity index (χ4n) is 1.66. The van der Waals surface area contributed by atoms with E-state index >= 15 is 0 Å². The molecule has 0 saturated carbocycles. The van der Waals surface area contributed by atoms with E-state index < -0.39 is 9.84 Å². The summed E-state index contributed by atoms with van der Waals surface area (Å²) in [7, 11) is -1.42. The Labute approximate surface area is 118 Å². The summed E-state index contributed by atoms with van der Waals surface area (Å²) in [5.74, 6) is 1.28. The van der Waals surface area contributed by atoms with Crippen LogP contribution in [0, 0.1) is 0 Å². The van der Waals surface area contributed by atoms with Crippen molar-refractivity contribution in [2.75, 3.05) is 18.6 Å². The van der Waals surface area contributed by atoms with Gasteiger partial charge in [0.15, 0.2) is 9.84 Å². The molecule has 20 heavy (non-hydrogen) atoms. The van der Waals surface area contributed by atoms with Crippen LogP contribution >= 0.6 is 0 Å². The molecular formula is C14H16N2O3S. The van der Waals surface area contributed by atoms with Gasteiger partial charge in [0, 0.05) is 19.5 Å². The van der Waals surface area contributed by atoms with Crippen LogP contribution in [0.25, 0.3) is 0 Å². The SMILES string of the molecule is CNc1cc(COc2cccc(S(C)(=O)=O)c2)ccn1. The minimum Gasteiger partial charge on any atom is -0.489 e. The second-order valence-electron chi connectivity index (χ2n) is 4.34. The summed E-state index contributed by atoms with van der Waals surface area (Å²) in [5.41, 5.74) is 0.953. The van der Waals surface area contributed by atoms with Crippen molar-refractivity contribution < 1.29 is 13.2 Å². The number of hydrogen-bond donors (Lipinski definition) is 1. The van der Waals surface area contributed by atoms with Crippen LogP contribution in [0.3, 0.4) is 0 Å². The van der Waals surface area contributed by atoms with E-state index in [4.69, 9.17) is 4.74 Å². The molecular weight excluding hydrogens is 276 g/mol. The molecule has 2 aromatic rings. The topological polar surface area (TPSA) is 68.3 Å². The predicted molar refractivity (Wildman–Crippen MR) is 77.7 cm³/mol. The number of hydrogen-bond acceptors (Lipinski definition) is 5. The van der Waals surface area contributed by atoms with Crippen molar-refractivity contribution in [2.45, 2.75) is 11.5 Å². The zero-order valence-corrected chi connectivity index (χ0v) is 12.1. The average Bonchev–Trinajstić information content (AvgIpc) is 2.45. The van der Waals surface area contributed by atoms with Gasteiger partial charge < -0.3 is 10.1 Å². The van der Waals surface area contributed by atoms with Crippen molar-refractivity contribution in [1.29, 1.82) is 0 Å². The van der Waals surface area contributed by atoms with Crippen LogP contribution in [0.15, 0.2) is 47.5 Å². The van der Waals surface area contributed by atoms with E-state index in [1.165, 1.54) is 12.3 Å². The molecule has 0 saturated heterocycles. The molecule has 0 radical (unpaired) electrons.